The fraction of sp³-hybridized carbons (Fsp3) is 0.105. The molecule has 0 saturated carbocycles. The van der Waals surface area contributed by atoms with Crippen molar-refractivity contribution in [3.05, 3.63) is 77.6 Å². The summed E-state index contributed by atoms with van der Waals surface area (Å²) in [5.41, 5.74) is 2.41. The van der Waals surface area contributed by atoms with Crippen molar-refractivity contribution < 1.29 is 13.2 Å². The first-order chi connectivity index (χ1) is 12.9. The normalized spacial score (nSPS) is 11.0. The molecule has 3 rings (SSSR count). The highest BCUT2D eigenvalue weighted by Gasteiger charge is 2.19. The van der Waals surface area contributed by atoms with E-state index in [1.54, 1.807) is 17.7 Å². The Bertz CT molecular complexity index is 1110. The monoisotopic (exact) mass is 380 g/mol. The van der Waals surface area contributed by atoms with E-state index in [0.717, 1.165) is 11.4 Å². The van der Waals surface area contributed by atoms with Crippen LogP contribution in [0.25, 0.3) is 5.69 Å². The third kappa shape index (κ3) is 4.22. The number of benzene rings is 2. The topological polar surface area (TPSA) is 105 Å². The van der Waals surface area contributed by atoms with Gasteiger partial charge in [0.25, 0.3) is 10.0 Å². The summed E-state index contributed by atoms with van der Waals surface area (Å²) < 4.78 is 28.4. The number of hydrogen-bond acceptors (Lipinski definition) is 5. The molecule has 0 bridgehead atoms. The lowest BCUT2D eigenvalue weighted by Crippen LogP contribution is -2.32. The minimum Gasteiger partial charge on any atom is -0.274 e. The Morgan fingerprint density at radius 1 is 1.15 bits per heavy atom. The van der Waals surface area contributed by atoms with E-state index in [2.05, 4.69) is 9.82 Å². The highest BCUT2D eigenvalue weighted by atomic mass is 32.2. The Morgan fingerprint density at radius 3 is 2.44 bits per heavy atom. The highest BCUT2D eigenvalue weighted by molar-refractivity contribution is 7.90. The molecule has 0 aliphatic carbocycles. The molecule has 0 aliphatic heterocycles. The zero-order chi connectivity index (χ0) is 19.4. The maximum Gasteiger partial charge on any atom is 0.264 e. The van der Waals surface area contributed by atoms with Crippen LogP contribution in [0.4, 0.5) is 0 Å². The lowest BCUT2D eigenvalue weighted by molar-refractivity contribution is -0.118. The van der Waals surface area contributed by atoms with Gasteiger partial charge in [-0.1, -0.05) is 18.2 Å². The van der Waals surface area contributed by atoms with E-state index in [1.807, 2.05) is 36.4 Å². The summed E-state index contributed by atoms with van der Waals surface area (Å²) in [7, 11) is -4.01. The van der Waals surface area contributed by atoms with E-state index in [1.165, 1.54) is 24.3 Å². The van der Waals surface area contributed by atoms with Crippen molar-refractivity contribution >= 4 is 15.9 Å². The van der Waals surface area contributed by atoms with Crippen LogP contribution in [-0.4, -0.2) is 24.1 Å². The summed E-state index contributed by atoms with van der Waals surface area (Å²) in [6.07, 6.45) is -0.148. The SMILES string of the molecule is Cc1cc(CC(=O)NS(=O)(=O)c2ccc(C#N)cc2)n(-c2ccccc2)n1. The number of sulfonamides is 1. The van der Waals surface area contributed by atoms with Gasteiger partial charge in [0.05, 0.1) is 40.0 Å². The predicted octanol–water partition coefficient (Wildman–Crippen LogP) is 2.10. The lowest BCUT2D eigenvalue weighted by atomic mass is 10.2. The van der Waals surface area contributed by atoms with Crippen LogP contribution in [0.1, 0.15) is 17.0 Å². The van der Waals surface area contributed by atoms with E-state index < -0.39 is 15.9 Å². The van der Waals surface area contributed by atoms with Crippen LogP contribution in [0, 0.1) is 18.3 Å². The fourth-order valence-electron chi connectivity index (χ4n) is 2.59. The molecule has 1 amide bonds. The van der Waals surface area contributed by atoms with Gasteiger partial charge in [0.15, 0.2) is 0 Å². The van der Waals surface area contributed by atoms with Crippen molar-refractivity contribution in [2.45, 2.75) is 18.2 Å². The second-order valence-electron chi connectivity index (χ2n) is 5.87. The van der Waals surface area contributed by atoms with Gasteiger partial charge in [-0.05, 0) is 49.4 Å². The third-order valence-electron chi connectivity index (χ3n) is 3.79. The highest BCUT2D eigenvalue weighted by Crippen LogP contribution is 2.14. The quantitative estimate of drug-likeness (QED) is 0.730. The number of carbonyl (C=O) groups is 1. The molecule has 0 atom stereocenters. The third-order valence-corrected chi connectivity index (χ3v) is 5.18. The maximum atomic E-state index is 12.4. The smallest absolute Gasteiger partial charge is 0.264 e. The van der Waals surface area contributed by atoms with Crippen LogP contribution in [0.15, 0.2) is 65.6 Å². The number of nitriles is 1. The van der Waals surface area contributed by atoms with E-state index >= 15 is 0 Å². The van der Waals surface area contributed by atoms with Crippen molar-refractivity contribution in [2.24, 2.45) is 0 Å². The van der Waals surface area contributed by atoms with Crippen LogP contribution in [0.3, 0.4) is 0 Å². The summed E-state index contributed by atoms with van der Waals surface area (Å²) in [6.45, 7) is 1.80. The molecule has 136 valence electrons. The predicted molar refractivity (Wildman–Crippen MR) is 98.5 cm³/mol. The standard InChI is InChI=1S/C19H16N4O3S/c1-14-11-17(23(21-14)16-5-3-2-4-6-16)12-19(24)22-27(25,26)18-9-7-15(13-20)8-10-18/h2-11H,12H2,1H3,(H,22,24). The summed E-state index contributed by atoms with van der Waals surface area (Å²) in [4.78, 5) is 12.3. The van der Waals surface area contributed by atoms with Gasteiger partial charge in [0.1, 0.15) is 0 Å². The Kier molecular flexibility index (Phi) is 5.05. The fourth-order valence-corrected chi connectivity index (χ4v) is 3.57. The van der Waals surface area contributed by atoms with Crippen molar-refractivity contribution in [1.29, 1.82) is 5.26 Å². The zero-order valence-corrected chi connectivity index (χ0v) is 15.3. The minimum atomic E-state index is -4.01. The Morgan fingerprint density at radius 2 is 1.81 bits per heavy atom. The molecule has 3 aromatic rings. The number of nitrogens with zero attached hydrogens (tertiary/aromatic N) is 3. The largest absolute Gasteiger partial charge is 0.274 e. The molecule has 2 aromatic carbocycles. The van der Waals surface area contributed by atoms with Crippen LogP contribution in [0.5, 0.6) is 0 Å². The molecule has 0 aliphatic rings. The number of amides is 1. The molecule has 0 fully saturated rings. The molecule has 1 aromatic heterocycles. The Hall–Kier alpha value is -3.44. The van der Waals surface area contributed by atoms with E-state index in [9.17, 15) is 13.2 Å². The molecule has 1 heterocycles. The van der Waals surface area contributed by atoms with Gasteiger partial charge < -0.3 is 0 Å². The molecular formula is C19H16N4O3S. The van der Waals surface area contributed by atoms with Gasteiger partial charge in [0, 0.05) is 0 Å². The van der Waals surface area contributed by atoms with Gasteiger partial charge in [-0.15, -0.1) is 0 Å². The number of rotatable bonds is 5. The molecule has 8 heteroatoms. The second-order valence-corrected chi connectivity index (χ2v) is 7.55. The lowest BCUT2D eigenvalue weighted by Gasteiger charge is -2.09. The molecule has 0 saturated heterocycles. The van der Waals surface area contributed by atoms with Crippen molar-refractivity contribution in [1.82, 2.24) is 14.5 Å². The van der Waals surface area contributed by atoms with Gasteiger partial charge in [-0.2, -0.15) is 10.4 Å². The molecule has 0 unspecified atom stereocenters. The Balaban J connectivity index is 1.79. The molecular weight excluding hydrogens is 364 g/mol. The van der Waals surface area contributed by atoms with E-state index in [-0.39, 0.29) is 11.3 Å². The van der Waals surface area contributed by atoms with Crippen LogP contribution < -0.4 is 4.72 Å². The number of hydrogen-bond donors (Lipinski definition) is 1. The van der Waals surface area contributed by atoms with Gasteiger partial charge in [-0.3, -0.25) is 4.79 Å². The van der Waals surface area contributed by atoms with Crippen molar-refractivity contribution in [3.63, 3.8) is 0 Å². The zero-order valence-electron chi connectivity index (χ0n) is 14.5. The van der Waals surface area contributed by atoms with Crippen molar-refractivity contribution in [2.75, 3.05) is 0 Å². The molecule has 27 heavy (non-hydrogen) atoms. The number of aromatic nitrogens is 2. The molecule has 1 N–H and O–H groups in total. The first kappa shape index (κ1) is 18.4. The maximum absolute atomic E-state index is 12.4. The van der Waals surface area contributed by atoms with Gasteiger partial charge in [-0.25, -0.2) is 17.8 Å². The average molecular weight is 380 g/mol. The summed E-state index contributed by atoms with van der Waals surface area (Å²) in [6, 6.07) is 18.3. The number of nitrogens with one attached hydrogen (secondary N) is 1. The van der Waals surface area contributed by atoms with E-state index in [4.69, 9.17) is 5.26 Å². The molecule has 0 spiro atoms. The van der Waals surface area contributed by atoms with Crippen LogP contribution in [0.2, 0.25) is 0 Å². The molecule has 0 radical (unpaired) electrons. The van der Waals surface area contributed by atoms with Crippen LogP contribution >= 0.6 is 0 Å². The van der Waals surface area contributed by atoms with Crippen molar-refractivity contribution in [3.8, 4) is 11.8 Å². The van der Waals surface area contributed by atoms with Gasteiger partial charge >= 0.3 is 0 Å². The summed E-state index contributed by atoms with van der Waals surface area (Å²) >= 11 is 0. The number of aryl methyl sites for hydroxylation is 1. The molecule has 7 nitrogen and oxygen atoms in total. The number of para-hydroxylation sites is 1. The first-order valence-electron chi connectivity index (χ1n) is 8.06. The van der Waals surface area contributed by atoms with Crippen LogP contribution in [-0.2, 0) is 21.2 Å². The van der Waals surface area contributed by atoms with Gasteiger partial charge in [0.2, 0.25) is 5.91 Å². The summed E-state index contributed by atoms with van der Waals surface area (Å²) in [5.74, 6) is -0.670. The first-order valence-corrected chi connectivity index (χ1v) is 9.54. The average Bonchev–Trinajstić information content (AvgIpc) is 3.02. The second kappa shape index (κ2) is 7.43. The van der Waals surface area contributed by atoms with E-state index in [0.29, 0.717) is 11.3 Å². The Labute approximate surface area is 156 Å². The number of carbonyl (C=O) groups excluding carboxylic acids is 1. The summed E-state index contributed by atoms with van der Waals surface area (Å²) in [5, 5.41) is 13.1. The minimum absolute atomic E-state index is 0.0809.